The Labute approximate surface area is 190 Å². The van der Waals surface area contributed by atoms with Crippen LogP contribution in [0, 0.1) is 0 Å². The minimum Gasteiger partial charge on any atom is -0.340 e. The summed E-state index contributed by atoms with van der Waals surface area (Å²) >= 11 is 1.81. The summed E-state index contributed by atoms with van der Waals surface area (Å²) in [4.78, 5) is 24.9. The highest BCUT2D eigenvalue weighted by molar-refractivity contribution is 7.99. The number of aryl methyl sites for hydroxylation is 2. The normalized spacial score (nSPS) is 23.3. The van der Waals surface area contributed by atoms with Gasteiger partial charge in [0.2, 0.25) is 5.91 Å². The third kappa shape index (κ3) is 5.51. The molecule has 0 bridgehead atoms. The van der Waals surface area contributed by atoms with E-state index in [1.165, 1.54) is 11.1 Å². The van der Waals surface area contributed by atoms with Crippen LogP contribution in [0.15, 0.2) is 41.8 Å². The highest BCUT2D eigenvalue weighted by Crippen LogP contribution is 2.33. The maximum Gasteiger partial charge on any atom is 0.240 e. The highest BCUT2D eigenvalue weighted by atomic mass is 32.2. The molecule has 0 unspecified atom stereocenters. The number of benzene rings is 1. The molecule has 0 saturated carbocycles. The molecule has 0 radical (unpaired) electrons. The van der Waals surface area contributed by atoms with E-state index in [0.717, 1.165) is 63.7 Å². The van der Waals surface area contributed by atoms with Gasteiger partial charge >= 0.3 is 0 Å². The van der Waals surface area contributed by atoms with Crippen molar-refractivity contribution in [3.63, 3.8) is 0 Å². The summed E-state index contributed by atoms with van der Waals surface area (Å²) in [6.45, 7) is 7.66. The molecule has 6 nitrogen and oxygen atoms in total. The predicted octanol–water partition coefficient (Wildman–Crippen LogP) is 2.88. The fraction of sp³-hybridized carbons (Fsp3) is 0.583. The van der Waals surface area contributed by atoms with E-state index >= 15 is 0 Å². The van der Waals surface area contributed by atoms with Gasteiger partial charge in [0.25, 0.3) is 0 Å². The quantitative estimate of drug-likeness (QED) is 0.690. The zero-order valence-corrected chi connectivity index (χ0v) is 19.9. The molecule has 1 aromatic carbocycles. The van der Waals surface area contributed by atoms with Crippen molar-refractivity contribution < 1.29 is 4.79 Å². The Bertz CT molecular complexity index is 867. The number of carbonyl (C=O) groups is 1. The summed E-state index contributed by atoms with van der Waals surface area (Å²) < 4.78 is 2.07. The predicted molar refractivity (Wildman–Crippen MR) is 126 cm³/mol. The highest BCUT2D eigenvalue weighted by Gasteiger charge is 2.39. The monoisotopic (exact) mass is 441 g/mol. The van der Waals surface area contributed by atoms with Gasteiger partial charge in [-0.1, -0.05) is 43.0 Å². The summed E-state index contributed by atoms with van der Waals surface area (Å²) in [6, 6.07) is 8.83. The van der Waals surface area contributed by atoms with Gasteiger partial charge in [-0.2, -0.15) is 0 Å². The van der Waals surface area contributed by atoms with E-state index in [4.69, 9.17) is 0 Å². The van der Waals surface area contributed by atoms with Crippen LogP contribution in [0.4, 0.5) is 0 Å². The van der Waals surface area contributed by atoms with Crippen LogP contribution in [0.1, 0.15) is 30.9 Å². The minimum atomic E-state index is -0.0490. The van der Waals surface area contributed by atoms with Crippen molar-refractivity contribution in [2.24, 2.45) is 7.05 Å². The number of aromatic nitrogens is 2. The van der Waals surface area contributed by atoms with Crippen molar-refractivity contribution in [2.45, 2.75) is 49.2 Å². The van der Waals surface area contributed by atoms with Crippen molar-refractivity contribution in [3.05, 3.63) is 47.8 Å². The second-order valence-corrected chi connectivity index (χ2v) is 10.2. The van der Waals surface area contributed by atoms with Gasteiger partial charge < -0.3 is 14.4 Å². The lowest BCUT2D eigenvalue weighted by molar-refractivity contribution is -0.136. The Kier molecular flexibility index (Phi) is 7.35. The van der Waals surface area contributed by atoms with Crippen LogP contribution < -0.4 is 0 Å². The lowest BCUT2D eigenvalue weighted by Crippen LogP contribution is -2.46. The zero-order chi connectivity index (χ0) is 21.8. The molecule has 2 fully saturated rings. The van der Waals surface area contributed by atoms with E-state index in [1.807, 2.05) is 31.2 Å². The van der Waals surface area contributed by atoms with Crippen LogP contribution in [0.5, 0.6) is 0 Å². The van der Waals surface area contributed by atoms with E-state index in [1.54, 1.807) is 0 Å². The lowest BCUT2D eigenvalue weighted by Gasteiger charge is -2.29. The Hall–Kier alpha value is -1.83. The molecule has 0 aliphatic carbocycles. The Balaban J connectivity index is 1.49. The molecule has 0 spiro atoms. The first kappa shape index (κ1) is 22.4. The van der Waals surface area contributed by atoms with Gasteiger partial charge in [-0.05, 0) is 44.0 Å². The van der Waals surface area contributed by atoms with Gasteiger partial charge in [0, 0.05) is 57.4 Å². The average Bonchev–Trinajstić information content (AvgIpc) is 3.28. The lowest BCUT2D eigenvalue weighted by atomic mass is 10.1. The van der Waals surface area contributed by atoms with E-state index in [-0.39, 0.29) is 6.04 Å². The molecule has 2 aliphatic rings. The van der Waals surface area contributed by atoms with Crippen LogP contribution in [-0.4, -0.2) is 81.2 Å². The van der Waals surface area contributed by atoms with E-state index in [0.29, 0.717) is 11.2 Å². The van der Waals surface area contributed by atoms with Crippen molar-refractivity contribution in [3.8, 4) is 0 Å². The summed E-state index contributed by atoms with van der Waals surface area (Å²) in [5.74, 6) is 0.309. The first-order valence-electron chi connectivity index (χ1n) is 11.5. The van der Waals surface area contributed by atoms with Crippen LogP contribution in [0.3, 0.4) is 0 Å². The van der Waals surface area contributed by atoms with Gasteiger partial charge in [0.15, 0.2) is 5.16 Å². The molecule has 0 N–H and O–H groups in total. The Morgan fingerprint density at radius 2 is 1.87 bits per heavy atom. The van der Waals surface area contributed by atoms with Gasteiger partial charge in [-0.3, -0.25) is 9.69 Å². The van der Waals surface area contributed by atoms with E-state index < -0.39 is 0 Å². The van der Waals surface area contributed by atoms with E-state index in [9.17, 15) is 4.79 Å². The second kappa shape index (κ2) is 10.2. The van der Waals surface area contributed by atoms with Gasteiger partial charge in [0.1, 0.15) is 0 Å². The third-order valence-corrected chi connectivity index (χ3v) is 7.83. The molecule has 1 amide bonds. The first-order chi connectivity index (χ1) is 15.0. The zero-order valence-electron chi connectivity index (χ0n) is 19.0. The number of hydrogen-bond acceptors (Lipinski definition) is 5. The first-order valence-corrected chi connectivity index (χ1v) is 12.3. The molecule has 168 valence electrons. The van der Waals surface area contributed by atoms with Gasteiger partial charge in [-0.25, -0.2) is 4.98 Å². The number of imidazole rings is 1. The topological polar surface area (TPSA) is 44.6 Å². The molecular weight excluding hydrogens is 406 g/mol. The molecule has 2 aromatic rings. The van der Waals surface area contributed by atoms with Gasteiger partial charge in [-0.15, -0.1) is 0 Å². The summed E-state index contributed by atoms with van der Waals surface area (Å²) in [6.07, 6.45) is 6.83. The summed E-state index contributed by atoms with van der Waals surface area (Å²) in [7, 11) is 4.18. The van der Waals surface area contributed by atoms with Crippen molar-refractivity contribution in [1.82, 2.24) is 24.3 Å². The minimum absolute atomic E-state index is 0.0490. The van der Waals surface area contributed by atoms with Crippen LogP contribution >= 0.6 is 11.8 Å². The SMILES string of the molecule is CCc1ccc(CN2C[C@H](Sc3nccn3C)C[C@H]2C(=O)N2CCCN(C)CC2)cc1. The Morgan fingerprint density at radius 3 is 2.58 bits per heavy atom. The van der Waals surface area contributed by atoms with Crippen molar-refractivity contribution in [1.29, 1.82) is 0 Å². The number of carbonyl (C=O) groups excluding carboxylic acids is 1. The largest absolute Gasteiger partial charge is 0.340 e. The molecule has 1 aromatic heterocycles. The number of thioether (sulfide) groups is 1. The number of nitrogens with zero attached hydrogens (tertiary/aromatic N) is 5. The second-order valence-electron chi connectivity index (χ2n) is 8.89. The Morgan fingerprint density at radius 1 is 1.10 bits per heavy atom. The fourth-order valence-corrected chi connectivity index (χ4v) is 5.78. The van der Waals surface area contributed by atoms with Gasteiger partial charge in [0.05, 0.1) is 6.04 Å². The molecule has 4 rings (SSSR count). The van der Waals surface area contributed by atoms with Crippen molar-refractivity contribution in [2.75, 3.05) is 39.8 Å². The van der Waals surface area contributed by atoms with Crippen molar-refractivity contribution >= 4 is 17.7 Å². The fourth-order valence-electron chi connectivity index (χ4n) is 4.59. The molecular formula is C24H35N5OS. The third-order valence-electron chi connectivity index (χ3n) is 6.55. The summed E-state index contributed by atoms with van der Waals surface area (Å²) in [5.41, 5.74) is 2.64. The number of hydrogen-bond donors (Lipinski definition) is 0. The molecule has 7 heteroatoms. The smallest absolute Gasteiger partial charge is 0.240 e. The maximum atomic E-state index is 13.6. The number of likely N-dealkylation sites (N-methyl/N-ethyl adjacent to an activating group) is 1. The maximum absolute atomic E-state index is 13.6. The van der Waals surface area contributed by atoms with Crippen LogP contribution in [-0.2, 0) is 24.8 Å². The molecule has 2 aliphatic heterocycles. The van der Waals surface area contributed by atoms with Crippen LogP contribution in [0.25, 0.3) is 0 Å². The average molecular weight is 442 g/mol. The van der Waals surface area contributed by atoms with Crippen LogP contribution in [0.2, 0.25) is 0 Å². The molecule has 2 atom stereocenters. The molecule has 31 heavy (non-hydrogen) atoms. The number of rotatable bonds is 6. The standard InChI is InChI=1S/C24H35N5OS/c1-4-19-6-8-20(9-7-19)17-29-18-21(31-24-25-10-13-27(24)3)16-22(29)23(30)28-12-5-11-26(2)14-15-28/h6-10,13,21-22H,4-5,11-12,14-18H2,1-3H3/t21-,22+/m1/s1. The number of amides is 1. The number of likely N-dealkylation sites (tertiary alicyclic amines) is 1. The summed E-state index contributed by atoms with van der Waals surface area (Å²) in [5, 5.41) is 1.40. The van der Waals surface area contributed by atoms with E-state index in [2.05, 4.69) is 62.5 Å². The molecule has 3 heterocycles. The molecule has 2 saturated heterocycles.